The first-order valence-electron chi connectivity index (χ1n) is 15.6. The van der Waals surface area contributed by atoms with Crippen LogP contribution in [0.5, 0.6) is 6.01 Å². The van der Waals surface area contributed by atoms with Crippen molar-refractivity contribution in [3.05, 3.63) is 47.2 Å². The van der Waals surface area contributed by atoms with Gasteiger partial charge in [-0.1, -0.05) is 6.58 Å². The van der Waals surface area contributed by atoms with Gasteiger partial charge in [-0.05, 0) is 69.7 Å². The van der Waals surface area contributed by atoms with Crippen molar-refractivity contribution in [2.24, 2.45) is 0 Å². The van der Waals surface area contributed by atoms with Gasteiger partial charge in [0.15, 0.2) is 5.83 Å². The van der Waals surface area contributed by atoms with Crippen LogP contribution in [0.15, 0.2) is 24.8 Å². The van der Waals surface area contributed by atoms with Crippen molar-refractivity contribution in [2.75, 3.05) is 62.7 Å². The fourth-order valence-electron chi connectivity index (χ4n) is 7.15. The Morgan fingerprint density at radius 3 is 2.65 bits per heavy atom. The highest BCUT2D eigenvalue weighted by molar-refractivity contribution is 5.91. The number of piperazine rings is 1. The maximum atomic E-state index is 13.8. The molecule has 2 atom stereocenters. The van der Waals surface area contributed by atoms with E-state index < -0.39 is 17.8 Å². The molecular formula is C32H41FN8O2. The molecule has 228 valence electrons. The summed E-state index contributed by atoms with van der Waals surface area (Å²) in [4.78, 5) is 35.4. The molecule has 3 aliphatic heterocycles. The fourth-order valence-corrected chi connectivity index (χ4v) is 7.15. The molecule has 0 saturated carbocycles. The Labute approximate surface area is 253 Å². The maximum Gasteiger partial charge on any atom is 0.318 e. The van der Waals surface area contributed by atoms with E-state index >= 15 is 0 Å². The average molecular weight is 589 g/mol. The number of hydrogen-bond acceptors (Lipinski definition) is 9. The molecule has 43 heavy (non-hydrogen) atoms. The van der Waals surface area contributed by atoms with Gasteiger partial charge in [-0.25, -0.2) is 4.39 Å². The number of carbonyl (C=O) groups is 1. The molecule has 2 saturated heterocycles. The highest BCUT2D eigenvalue weighted by Gasteiger charge is 2.35. The lowest BCUT2D eigenvalue weighted by Crippen LogP contribution is -2.55. The van der Waals surface area contributed by atoms with E-state index in [-0.39, 0.29) is 13.0 Å². The van der Waals surface area contributed by atoms with Crippen LogP contribution in [0.3, 0.4) is 0 Å². The standard InChI is InChI=1S/C32H41FN8O2/c1-22(33)31(42)41-17-16-40(20-24(41)9-12-34)30-27-10-14-39(29-19-35-18-23-6-3-4-8-26(23)29)15-11-28(27)36-32(37-30)43-21-25-7-5-13-38(25)2/h18-19,24-25H,1,3-11,13-17,20-21H2,2H3/t24-,25-/m0/s1. The second-order valence-corrected chi connectivity index (χ2v) is 12.2. The number of aromatic nitrogens is 3. The maximum absolute atomic E-state index is 13.8. The predicted molar refractivity (Wildman–Crippen MR) is 162 cm³/mol. The Balaban J connectivity index is 1.29. The molecule has 0 radical (unpaired) electrons. The number of ether oxygens (including phenoxy) is 1. The molecule has 2 aromatic heterocycles. The zero-order valence-electron chi connectivity index (χ0n) is 25.1. The number of halogens is 1. The summed E-state index contributed by atoms with van der Waals surface area (Å²) in [6.45, 7) is 7.55. The SMILES string of the molecule is C=C(F)C(=O)N1CCN(c2nc(OC[C@@H]3CCCN3C)nc3c2CCN(c2cncc4c2CCCC4)CC3)C[C@@H]1CC#N. The number of likely N-dealkylation sites (tertiary alicyclic amines) is 1. The third kappa shape index (κ3) is 6.16. The van der Waals surface area contributed by atoms with Crippen LogP contribution in [-0.4, -0.2) is 95.7 Å². The van der Waals surface area contributed by atoms with Crippen LogP contribution in [0, 0.1) is 11.3 Å². The van der Waals surface area contributed by atoms with E-state index in [0.717, 1.165) is 75.2 Å². The molecule has 1 aliphatic carbocycles. The molecule has 0 spiro atoms. The second kappa shape index (κ2) is 12.8. The molecule has 0 unspecified atom stereocenters. The first kappa shape index (κ1) is 29.3. The van der Waals surface area contributed by atoms with Gasteiger partial charge < -0.3 is 24.3 Å². The Kier molecular flexibility index (Phi) is 8.75. The molecule has 0 N–H and O–H groups in total. The van der Waals surface area contributed by atoms with Gasteiger partial charge in [-0.2, -0.15) is 15.2 Å². The number of hydrogen-bond donors (Lipinski definition) is 0. The largest absolute Gasteiger partial charge is 0.462 e. The quantitative estimate of drug-likeness (QED) is 0.451. The molecule has 11 heteroatoms. The molecule has 5 heterocycles. The van der Waals surface area contributed by atoms with Gasteiger partial charge in [0.25, 0.3) is 5.91 Å². The molecule has 6 rings (SSSR count). The predicted octanol–water partition coefficient (Wildman–Crippen LogP) is 3.24. The molecule has 2 aromatic rings. The molecule has 1 amide bonds. The lowest BCUT2D eigenvalue weighted by Gasteiger charge is -2.41. The summed E-state index contributed by atoms with van der Waals surface area (Å²) in [5.41, 5.74) is 6.08. The van der Waals surface area contributed by atoms with E-state index in [1.165, 1.54) is 34.6 Å². The minimum Gasteiger partial charge on any atom is -0.462 e. The summed E-state index contributed by atoms with van der Waals surface area (Å²) in [6, 6.07) is 2.41. The number of amides is 1. The highest BCUT2D eigenvalue weighted by Crippen LogP contribution is 2.34. The summed E-state index contributed by atoms with van der Waals surface area (Å²) < 4.78 is 20.1. The minimum atomic E-state index is -1.00. The normalized spacial score (nSPS) is 22.4. The Hall–Kier alpha value is -3.78. The first-order chi connectivity index (χ1) is 20.9. The molecule has 10 nitrogen and oxygen atoms in total. The van der Waals surface area contributed by atoms with Crippen LogP contribution < -0.4 is 14.5 Å². The topological polar surface area (TPSA) is 102 Å². The van der Waals surface area contributed by atoms with Crippen molar-refractivity contribution in [1.82, 2.24) is 24.8 Å². The van der Waals surface area contributed by atoms with Crippen LogP contribution in [-0.2, 0) is 30.5 Å². The molecule has 4 aliphatic rings. The number of fused-ring (bicyclic) bond motifs is 2. The van der Waals surface area contributed by atoms with Gasteiger partial charge in [-0.15, -0.1) is 0 Å². The molecule has 0 bridgehead atoms. The van der Waals surface area contributed by atoms with E-state index in [9.17, 15) is 14.4 Å². The monoisotopic (exact) mass is 588 g/mol. The highest BCUT2D eigenvalue weighted by atomic mass is 19.1. The fraction of sp³-hybridized carbons (Fsp3) is 0.594. The summed E-state index contributed by atoms with van der Waals surface area (Å²) >= 11 is 0. The first-order valence-corrected chi connectivity index (χ1v) is 15.6. The van der Waals surface area contributed by atoms with Gasteiger partial charge in [-0.3, -0.25) is 9.78 Å². The van der Waals surface area contributed by atoms with Gasteiger partial charge >= 0.3 is 6.01 Å². The van der Waals surface area contributed by atoms with E-state index in [2.05, 4.69) is 39.4 Å². The van der Waals surface area contributed by atoms with Crippen molar-refractivity contribution in [2.45, 2.75) is 69.9 Å². The Bertz CT molecular complexity index is 1410. The number of aryl methyl sites for hydroxylation is 1. The zero-order chi connectivity index (χ0) is 29.9. The number of rotatable bonds is 7. The number of pyridine rings is 1. The smallest absolute Gasteiger partial charge is 0.318 e. The van der Waals surface area contributed by atoms with Crippen molar-refractivity contribution in [1.29, 1.82) is 5.26 Å². The minimum absolute atomic E-state index is 0.0973. The number of likely N-dealkylation sites (N-methyl/N-ethyl adjacent to an activating group) is 1. The molecular weight excluding hydrogens is 547 g/mol. The van der Waals surface area contributed by atoms with Crippen molar-refractivity contribution in [3.63, 3.8) is 0 Å². The van der Waals surface area contributed by atoms with E-state index in [4.69, 9.17) is 14.7 Å². The average Bonchev–Trinajstić information content (AvgIpc) is 3.31. The third-order valence-corrected chi connectivity index (χ3v) is 9.57. The van der Waals surface area contributed by atoms with E-state index in [1.54, 1.807) is 0 Å². The van der Waals surface area contributed by atoms with Gasteiger partial charge in [0.2, 0.25) is 0 Å². The van der Waals surface area contributed by atoms with Crippen LogP contribution in [0.2, 0.25) is 0 Å². The van der Waals surface area contributed by atoms with Crippen molar-refractivity contribution >= 4 is 17.4 Å². The van der Waals surface area contributed by atoms with E-state index in [1.807, 2.05) is 12.4 Å². The lowest BCUT2D eigenvalue weighted by molar-refractivity contribution is -0.131. The van der Waals surface area contributed by atoms with Crippen LogP contribution in [0.1, 0.15) is 54.5 Å². The van der Waals surface area contributed by atoms with Gasteiger partial charge in [0, 0.05) is 56.9 Å². The van der Waals surface area contributed by atoms with Crippen LogP contribution in [0.4, 0.5) is 15.9 Å². The lowest BCUT2D eigenvalue weighted by atomic mass is 9.92. The molecule has 0 aromatic carbocycles. The zero-order valence-corrected chi connectivity index (χ0v) is 25.1. The van der Waals surface area contributed by atoms with Crippen LogP contribution >= 0.6 is 0 Å². The third-order valence-electron chi connectivity index (χ3n) is 9.57. The van der Waals surface area contributed by atoms with Gasteiger partial charge in [0.05, 0.1) is 36.1 Å². The number of nitrogens with zero attached hydrogens (tertiary/aromatic N) is 8. The summed E-state index contributed by atoms with van der Waals surface area (Å²) in [5.74, 6) is -0.955. The Morgan fingerprint density at radius 1 is 1.02 bits per heavy atom. The summed E-state index contributed by atoms with van der Waals surface area (Å²) in [6.07, 6.45) is 12.5. The second-order valence-electron chi connectivity index (χ2n) is 12.2. The van der Waals surface area contributed by atoms with Gasteiger partial charge in [0.1, 0.15) is 12.4 Å². The Morgan fingerprint density at radius 2 is 1.86 bits per heavy atom. The van der Waals surface area contributed by atoms with Crippen molar-refractivity contribution in [3.8, 4) is 12.1 Å². The molecule has 2 fully saturated rings. The van der Waals surface area contributed by atoms with E-state index in [0.29, 0.717) is 31.7 Å². The summed E-state index contributed by atoms with van der Waals surface area (Å²) in [5, 5.41) is 9.52. The number of carbonyl (C=O) groups excluding carboxylic acids is 1. The number of nitriles is 1. The van der Waals surface area contributed by atoms with Crippen molar-refractivity contribution < 1.29 is 13.9 Å². The van der Waals surface area contributed by atoms with Crippen LogP contribution in [0.25, 0.3) is 0 Å². The summed E-state index contributed by atoms with van der Waals surface area (Å²) in [7, 11) is 2.12. The number of anilines is 2.